The van der Waals surface area contributed by atoms with Crippen LogP contribution in [0.3, 0.4) is 0 Å². The Morgan fingerprint density at radius 1 is 0.875 bits per heavy atom. The number of hydrogen-bond donors (Lipinski definition) is 0. The minimum atomic E-state index is 0.621. The maximum Gasteiger partial charge on any atom is 0.164 e. The van der Waals surface area contributed by atoms with Crippen LogP contribution in [-0.4, -0.2) is 21.3 Å². The highest BCUT2D eigenvalue weighted by Gasteiger charge is 2.27. The number of hydrogen-bond acceptors (Lipinski definition) is 3. The van der Waals surface area contributed by atoms with Gasteiger partial charge in [-0.2, -0.15) is 0 Å². The van der Waals surface area contributed by atoms with E-state index in [4.69, 9.17) is 14.2 Å². The van der Waals surface area contributed by atoms with Crippen LogP contribution in [0, 0.1) is 23.7 Å². The van der Waals surface area contributed by atoms with Crippen LogP contribution in [-0.2, 0) is 6.42 Å². The molecule has 1 aliphatic carbocycles. The van der Waals surface area contributed by atoms with Crippen molar-refractivity contribution in [3.8, 4) is 17.2 Å². The van der Waals surface area contributed by atoms with Crippen LogP contribution in [0.4, 0.5) is 0 Å². The predicted molar refractivity (Wildman–Crippen MR) is 99.3 cm³/mol. The monoisotopic (exact) mass is 334 g/mol. The summed E-state index contributed by atoms with van der Waals surface area (Å²) in [7, 11) is 5.07. The normalized spacial score (nSPS) is 23.4. The molecule has 0 spiro atoms. The molecule has 1 aliphatic rings. The molecule has 1 aromatic carbocycles. The second-order valence-corrected chi connectivity index (χ2v) is 7.58. The second-order valence-electron chi connectivity index (χ2n) is 7.58. The Morgan fingerprint density at radius 3 is 1.96 bits per heavy atom. The molecule has 1 fully saturated rings. The summed E-state index contributed by atoms with van der Waals surface area (Å²) in [5.74, 6) is 5.52. The van der Waals surface area contributed by atoms with Crippen LogP contribution >= 0.6 is 0 Å². The third-order valence-corrected chi connectivity index (χ3v) is 6.03. The molecule has 3 nitrogen and oxygen atoms in total. The Balaban J connectivity index is 2.11. The Bertz CT molecular complexity index is 518. The van der Waals surface area contributed by atoms with Crippen LogP contribution in [0.15, 0.2) is 12.1 Å². The number of ether oxygens (including phenoxy) is 3. The third-order valence-electron chi connectivity index (χ3n) is 6.03. The van der Waals surface area contributed by atoms with Crippen molar-refractivity contribution in [3.05, 3.63) is 17.7 Å². The van der Waals surface area contributed by atoms with E-state index < -0.39 is 0 Å². The zero-order valence-electron chi connectivity index (χ0n) is 16.2. The van der Waals surface area contributed by atoms with Gasteiger partial charge in [0.2, 0.25) is 0 Å². The van der Waals surface area contributed by atoms with E-state index in [1.807, 2.05) is 6.07 Å². The summed E-state index contributed by atoms with van der Waals surface area (Å²) in [4.78, 5) is 0. The van der Waals surface area contributed by atoms with Crippen LogP contribution in [0.1, 0.15) is 52.0 Å². The molecule has 2 atom stereocenters. The highest BCUT2D eigenvalue weighted by molar-refractivity contribution is 5.50. The molecule has 2 rings (SSSR count). The lowest BCUT2D eigenvalue weighted by molar-refractivity contribution is 0.177. The van der Waals surface area contributed by atoms with Crippen molar-refractivity contribution < 1.29 is 14.2 Å². The molecular formula is C21H34O3. The average molecular weight is 335 g/mol. The standard InChI is InChI=1S/C21H34O3/c1-14-7-9-17(10-8-14)16(3)15(2)11-18-12-20(23-5)21(24-6)13-19(18)22-4/h12-17H,7-11H2,1-6H3/t14?,15?,16-,17?/m0/s1. The van der Waals surface area contributed by atoms with Crippen molar-refractivity contribution in [2.45, 2.75) is 52.9 Å². The largest absolute Gasteiger partial charge is 0.496 e. The number of methoxy groups -OCH3 is 3. The molecule has 0 heterocycles. The van der Waals surface area contributed by atoms with E-state index in [0.29, 0.717) is 5.92 Å². The van der Waals surface area contributed by atoms with Gasteiger partial charge in [-0.15, -0.1) is 0 Å². The minimum Gasteiger partial charge on any atom is -0.496 e. The molecule has 1 saturated carbocycles. The fourth-order valence-electron chi connectivity index (χ4n) is 4.06. The molecule has 0 bridgehead atoms. The smallest absolute Gasteiger partial charge is 0.164 e. The maximum atomic E-state index is 5.59. The molecule has 3 heteroatoms. The van der Waals surface area contributed by atoms with E-state index in [0.717, 1.165) is 41.4 Å². The zero-order chi connectivity index (χ0) is 17.7. The zero-order valence-corrected chi connectivity index (χ0v) is 16.2. The molecule has 1 aromatic rings. The topological polar surface area (TPSA) is 27.7 Å². The van der Waals surface area contributed by atoms with Crippen LogP contribution in [0.25, 0.3) is 0 Å². The minimum absolute atomic E-state index is 0.621. The molecule has 0 saturated heterocycles. The first-order valence-corrected chi connectivity index (χ1v) is 9.29. The first-order chi connectivity index (χ1) is 11.5. The summed E-state index contributed by atoms with van der Waals surface area (Å²) >= 11 is 0. The second kappa shape index (κ2) is 8.64. The van der Waals surface area contributed by atoms with E-state index in [1.165, 1.54) is 31.2 Å². The van der Waals surface area contributed by atoms with Gasteiger partial charge < -0.3 is 14.2 Å². The van der Waals surface area contributed by atoms with Crippen LogP contribution in [0.2, 0.25) is 0 Å². The average Bonchev–Trinajstić information content (AvgIpc) is 2.61. The summed E-state index contributed by atoms with van der Waals surface area (Å²) in [5.41, 5.74) is 1.21. The Kier molecular flexibility index (Phi) is 6.82. The van der Waals surface area contributed by atoms with E-state index in [-0.39, 0.29) is 0 Å². The molecule has 136 valence electrons. The summed E-state index contributed by atoms with van der Waals surface area (Å²) in [5, 5.41) is 0. The Morgan fingerprint density at radius 2 is 1.42 bits per heavy atom. The van der Waals surface area contributed by atoms with Gasteiger partial charge in [-0.1, -0.05) is 33.6 Å². The predicted octanol–water partition coefficient (Wildman–Crippen LogP) is 5.35. The number of benzene rings is 1. The van der Waals surface area contributed by atoms with Crippen molar-refractivity contribution in [1.82, 2.24) is 0 Å². The molecule has 0 N–H and O–H groups in total. The lowest BCUT2D eigenvalue weighted by atomic mass is 9.72. The van der Waals surface area contributed by atoms with Gasteiger partial charge in [-0.3, -0.25) is 0 Å². The summed E-state index contributed by atoms with van der Waals surface area (Å²) < 4.78 is 16.4. The van der Waals surface area contributed by atoms with Gasteiger partial charge in [-0.05, 0) is 54.6 Å². The molecule has 0 radical (unpaired) electrons. The summed E-state index contributed by atoms with van der Waals surface area (Å²) in [6, 6.07) is 4.01. The summed E-state index contributed by atoms with van der Waals surface area (Å²) in [6.07, 6.45) is 6.56. The molecule has 0 aromatic heterocycles. The lowest BCUT2D eigenvalue weighted by Gasteiger charge is -2.34. The van der Waals surface area contributed by atoms with Gasteiger partial charge in [0.1, 0.15) is 5.75 Å². The first-order valence-electron chi connectivity index (χ1n) is 9.29. The molecule has 0 amide bonds. The van der Waals surface area contributed by atoms with Gasteiger partial charge >= 0.3 is 0 Å². The maximum absolute atomic E-state index is 5.59. The lowest BCUT2D eigenvalue weighted by Crippen LogP contribution is -2.24. The Hall–Kier alpha value is -1.38. The first kappa shape index (κ1) is 19.0. The number of rotatable bonds is 7. The molecule has 0 aliphatic heterocycles. The van der Waals surface area contributed by atoms with Gasteiger partial charge in [0, 0.05) is 6.07 Å². The van der Waals surface area contributed by atoms with Gasteiger partial charge in [-0.25, -0.2) is 0 Å². The fourth-order valence-corrected chi connectivity index (χ4v) is 4.06. The van der Waals surface area contributed by atoms with Gasteiger partial charge in [0.05, 0.1) is 21.3 Å². The highest BCUT2D eigenvalue weighted by Crippen LogP contribution is 2.40. The van der Waals surface area contributed by atoms with E-state index in [2.05, 4.69) is 26.8 Å². The van der Waals surface area contributed by atoms with Crippen molar-refractivity contribution in [3.63, 3.8) is 0 Å². The summed E-state index contributed by atoms with van der Waals surface area (Å²) in [6.45, 7) is 7.19. The quantitative estimate of drug-likeness (QED) is 0.672. The van der Waals surface area contributed by atoms with Crippen molar-refractivity contribution in [2.24, 2.45) is 23.7 Å². The van der Waals surface area contributed by atoms with E-state index in [9.17, 15) is 0 Å². The van der Waals surface area contributed by atoms with Crippen molar-refractivity contribution in [2.75, 3.05) is 21.3 Å². The van der Waals surface area contributed by atoms with Crippen LogP contribution in [0.5, 0.6) is 17.2 Å². The van der Waals surface area contributed by atoms with Gasteiger partial charge in [0.15, 0.2) is 11.5 Å². The van der Waals surface area contributed by atoms with E-state index >= 15 is 0 Å². The van der Waals surface area contributed by atoms with E-state index in [1.54, 1.807) is 21.3 Å². The fraction of sp³-hybridized carbons (Fsp3) is 0.714. The third kappa shape index (κ3) is 4.37. The van der Waals surface area contributed by atoms with Gasteiger partial charge in [0.25, 0.3) is 0 Å². The van der Waals surface area contributed by atoms with Crippen molar-refractivity contribution in [1.29, 1.82) is 0 Å². The highest BCUT2D eigenvalue weighted by atomic mass is 16.5. The Labute approximate surface area is 147 Å². The molecular weight excluding hydrogens is 300 g/mol. The SMILES string of the molecule is COc1cc(OC)c(OC)cc1CC(C)[C@H](C)C1CCC(C)CC1. The molecule has 1 unspecified atom stereocenters. The molecule has 24 heavy (non-hydrogen) atoms. The van der Waals surface area contributed by atoms with Crippen LogP contribution < -0.4 is 14.2 Å². The van der Waals surface area contributed by atoms with Crippen molar-refractivity contribution >= 4 is 0 Å².